The second kappa shape index (κ2) is 8.03. The van der Waals surface area contributed by atoms with Crippen molar-refractivity contribution in [3.05, 3.63) is 56.5 Å². The summed E-state index contributed by atoms with van der Waals surface area (Å²) >= 11 is 23.1. The molecule has 0 aliphatic carbocycles. The van der Waals surface area contributed by atoms with Gasteiger partial charge in [-0.1, -0.05) is 40.9 Å². The van der Waals surface area contributed by atoms with Crippen molar-refractivity contribution in [2.45, 2.75) is 13.8 Å². The van der Waals surface area contributed by atoms with Crippen molar-refractivity contribution < 1.29 is 5.11 Å². The van der Waals surface area contributed by atoms with Crippen LogP contribution in [0.15, 0.2) is 35.4 Å². The number of thiocarbonyl (C=S) groups is 1. The largest absolute Gasteiger partial charge is 0.506 e. The second-order valence-corrected chi connectivity index (χ2v) is 6.62. The highest BCUT2D eigenvalue weighted by Gasteiger charge is 2.11. The summed E-state index contributed by atoms with van der Waals surface area (Å²) in [5, 5.41) is 18.6. The van der Waals surface area contributed by atoms with E-state index in [-0.39, 0.29) is 15.9 Å². The summed E-state index contributed by atoms with van der Waals surface area (Å²) in [6.07, 6.45) is 0. The molecular weight excluding hydrogens is 389 g/mol. The third-order valence-corrected chi connectivity index (χ3v) is 4.37. The van der Waals surface area contributed by atoms with E-state index in [1.165, 1.54) is 6.07 Å². The number of hydrazone groups is 1. The van der Waals surface area contributed by atoms with Gasteiger partial charge in [0, 0.05) is 21.3 Å². The van der Waals surface area contributed by atoms with Crippen molar-refractivity contribution in [3.63, 3.8) is 0 Å². The molecule has 2 aromatic rings. The van der Waals surface area contributed by atoms with Crippen LogP contribution in [0.4, 0.5) is 5.69 Å². The topological polar surface area (TPSA) is 56.7 Å². The molecule has 24 heavy (non-hydrogen) atoms. The fourth-order valence-electron chi connectivity index (χ4n) is 1.93. The number of hydrogen-bond donors (Lipinski definition) is 3. The Morgan fingerprint density at radius 1 is 1.17 bits per heavy atom. The molecule has 0 aliphatic heterocycles. The maximum Gasteiger partial charge on any atom is 0.191 e. The van der Waals surface area contributed by atoms with E-state index in [1.54, 1.807) is 19.1 Å². The average molecular weight is 403 g/mol. The van der Waals surface area contributed by atoms with Gasteiger partial charge in [0.2, 0.25) is 0 Å². The first-order valence-electron chi connectivity index (χ1n) is 6.84. The van der Waals surface area contributed by atoms with Gasteiger partial charge in [0.25, 0.3) is 0 Å². The molecule has 2 rings (SSSR count). The van der Waals surface area contributed by atoms with E-state index in [2.05, 4.69) is 15.8 Å². The Morgan fingerprint density at radius 3 is 2.58 bits per heavy atom. The lowest BCUT2D eigenvalue weighted by atomic mass is 10.1. The molecule has 0 saturated carbocycles. The summed E-state index contributed by atoms with van der Waals surface area (Å²) in [5.74, 6) is -0.0892. The van der Waals surface area contributed by atoms with Crippen LogP contribution in [0.1, 0.15) is 18.1 Å². The van der Waals surface area contributed by atoms with Gasteiger partial charge in [-0.25, -0.2) is 0 Å². The summed E-state index contributed by atoms with van der Waals surface area (Å²) < 4.78 is 0. The van der Waals surface area contributed by atoms with E-state index in [1.807, 2.05) is 19.1 Å². The minimum absolute atomic E-state index is 0.0892. The van der Waals surface area contributed by atoms with Crippen molar-refractivity contribution in [1.82, 2.24) is 5.43 Å². The fourth-order valence-corrected chi connectivity index (χ4v) is 2.75. The van der Waals surface area contributed by atoms with Crippen LogP contribution >= 0.6 is 47.0 Å². The first-order valence-corrected chi connectivity index (χ1v) is 8.38. The van der Waals surface area contributed by atoms with Crippen molar-refractivity contribution in [1.29, 1.82) is 0 Å². The van der Waals surface area contributed by atoms with Gasteiger partial charge in [-0.2, -0.15) is 5.10 Å². The molecule has 0 amide bonds. The van der Waals surface area contributed by atoms with Gasteiger partial charge in [-0.05, 0) is 55.9 Å². The Hall–Kier alpha value is -1.53. The Morgan fingerprint density at radius 2 is 1.88 bits per heavy atom. The maximum absolute atomic E-state index is 10.00. The molecule has 126 valence electrons. The Labute approximate surface area is 160 Å². The number of aromatic hydroxyl groups is 1. The highest BCUT2D eigenvalue weighted by molar-refractivity contribution is 7.80. The smallest absolute Gasteiger partial charge is 0.191 e. The van der Waals surface area contributed by atoms with Crippen molar-refractivity contribution in [2.75, 3.05) is 5.32 Å². The van der Waals surface area contributed by atoms with Crippen LogP contribution in [-0.2, 0) is 0 Å². The van der Waals surface area contributed by atoms with Crippen molar-refractivity contribution in [2.24, 2.45) is 5.10 Å². The van der Waals surface area contributed by atoms with E-state index >= 15 is 0 Å². The van der Waals surface area contributed by atoms with Crippen LogP contribution in [0.5, 0.6) is 5.75 Å². The van der Waals surface area contributed by atoms with E-state index < -0.39 is 0 Å². The summed E-state index contributed by atoms with van der Waals surface area (Å²) in [6.45, 7) is 3.58. The molecule has 0 fully saturated rings. The first kappa shape index (κ1) is 18.8. The number of phenolic OH excluding ortho intramolecular Hbond substituents is 1. The molecule has 0 heterocycles. The molecule has 0 atom stereocenters. The second-order valence-electron chi connectivity index (χ2n) is 4.96. The Bertz CT molecular complexity index is 824. The van der Waals surface area contributed by atoms with Crippen LogP contribution in [0.25, 0.3) is 0 Å². The molecule has 8 heteroatoms. The van der Waals surface area contributed by atoms with E-state index in [0.717, 1.165) is 11.3 Å². The molecule has 0 bridgehead atoms. The van der Waals surface area contributed by atoms with Gasteiger partial charge in [-0.3, -0.25) is 5.43 Å². The van der Waals surface area contributed by atoms with Crippen molar-refractivity contribution in [3.8, 4) is 5.75 Å². The van der Waals surface area contributed by atoms with E-state index in [9.17, 15) is 5.11 Å². The van der Waals surface area contributed by atoms with Gasteiger partial charge < -0.3 is 10.4 Å². The SMILES string of the molecule is C/C(=N\NC(=S)Nc1cccc(Cl)c1C)c1cc(Cl)cc(Cl)c1O. The number of nitrogens with zero attached hydrogens (tertiary/aromatic N) is 1. The minimum Gasteiger partial charge on any atom is -0.506 e. The normalized spacial score (nSPS) is 11.3. The third-order valence-electron chi connectivity index (χ3n) is 3.26. The lowest BCUT2D eigenvalue weighted by Crippen LogP contribution is -2.25. The summed E-state index contributed by atoms with van der Waals surface area (Å²) in [7, 11) is 0. The van der Waals surface area contributed by atoms with E-state index in [4.69, 9.17) is 47.0 Å². The van der Waals surface area contributed by atoms with Crippen LogP contribution in [0.2, 0.25) is 15.1 Å². The number of anilines is 1. The number of rotatable bonds is 3. The zero-order valence-corrected chi connectivity index (χ0v) is 15.9. The third kappa shape index (κ3) is 4.51. The molecular formula is C16H14Cl3N3OS. The van der Waals surface area contributed by atoms with Crippen molar-refractivity contribution >= 4 is 63.5 Å². The average Bonchev–Trinajstić information content (AvgIpc) is 2.53. The first-order chi connectivity index (χ1) is 11.3. The molecule has 0 radical (unpaired) electrons. The Balaban J connectivity index is 2.13. The van der Waals surface area contributed by atoms with Crippen LogP contribution in [-0.4, -0.2) is 15.9 Å². The molecule has 0 aliphatic rings. The van der Waals surface area contributed by atoms with Crippen LogP contribution in [0, 0.1) is 6.92 Å². The zero-order valence-electron chi connectivity index (χ0n) is 12.8. The monoisotopic (exact) mass is 401 g/mol. The molecule has 0 aromatic heterocycles. The molecule has 2 aromatic carbocycles. The highest BCUT2D eigenvalue weighted by Crippen LogP contribution is 2.31. The highest BCUT2D eigenvalue weighted by atomic mass is 35.5. The fraction of sp³-hybridized carbons (Fsp3) is 0.125. The maximum atomic E-state index is 10.00. The summed E-state index contributed by atoms with van der Waals surface area (Å²) in [4.78, 5) is 0. The number of nitrogens with one attached hydrogen (secondary N) is 2. The van der Waals surface area contributed by atoms with E-state index in [0.29, 0.717) is 21.3 Å². The van der Waals surface area contributed by atoms with Gasteiger partial charge in [0.15, 0.2) is 5.11 Å². The van der Waals surface area contributed by atoms with Gasteiger partial charge in [0.05, 0.1) is 10.7 Å². The zero-order chi connectivity index (χ0) is 17.9. The standard InChI is InChI=1S/C16H14Cl3N3OS/c1-8-12(18)4-3-5-14(8)20-16(24)22-21-9(2)11-6-10(17)7-13(19)15(11)23/h3-7,23H,1-2H3,(H2,20,22,24)/b21-9+. The predicted molar refractivity (Wildman–Crippen MR) is 106 cm³/mol. The van der Waals surface area contributed by atoms with Gasteiger partial charge in [-0.15, -0.1) is 0 Å². The molecule has 4 nitrogen and oxygen atoms in total. The molecule has 0 saturated heterocycles. The minimum atomic E-state index is -0.0892. The van der Waals surface area contributed by atoms with Crippen LogP contribution < -0.4 is 10.7 Å². The quantitative estimate of drug-likeness (QED) is 0.367. The van der Waals surface area contributed by atoms with Gasteiger partial charge in [0.1, 0.15) is 5.75 Å². The Kier molecular flexibility index (Phi) is 6.29. The molecule has 0 unspecified atom stereocenters. The van der Waals surface area contributed by atoms with Gasteiger partial charge >= 0.3 is 0 Å². The number of hydrogen-bond acceptors (Lipinski definition) is 3. The predicted octanol–water partition coefficient (Wildman–Crippen LogP) is 5.37. The lowest BCUT2D eigenvalue weighted by Gasteiger charge is -2.12. The molecule has 0 spiro atoms. The summed E-state index contributed by atoms with van der Waals surface area (Å²) in [6, 6.07) is 8.50. The molecule has 3 N–H and O–H groups in total. The number of halogens is 3. The number of benzene rings is 2. The van der Waals surface area contributed by atoms with Crippen LogP contribution in [0.3, 0.4) is 0 Å². The summed E-state index contributed by atoms with van der Waals surface area (Å²) in [5.41, 5.74) is 5.26. The number of phenols is 1. The lowest BCUT2D eigenvalue weighted by molar-refractivity contribution is 0.474.